The molecule has 0 saturated heterocycles. The minimum Gasteiger partial charge on any atom is -0.484 e. The molecule has 7 nitrogen and oxygen atoms in total. The number of nitro groups is 1. The predicted molar refractivity (Wildman–Crippen MR) is 98.9 cm³/mol. The lowest BCUT2D eigenvalue weighted by Gasteiger charge is -2.07. The van der Waals surface area contributed by atoms with Gasteiger partial charge in [-0.15, -0.1) is 0 Å². The van der Waals surface area contributed by atoms with Gasteiger partial charge in [0.15, 0.2) is 11.7 Å². The second-order valence-corrected chi connectivity index (χ2v) is 7.08. The summed E-state index contributed by atoms with van der Waals surface area (Å²) < 4.78 is 6.21. The SMILES string of the molecule is O=C(COc1ccc2c(c1)CCC2)Nc1nc2ccc([N+](=O)[O-])cc2s1. The number of nitro benzene ring substituents is 1. The first-order valence-electron chi connectivity index (χ1n) is 8.18. The van der Waals surface area contributed by atoms with Crippen molar-refractivity contribution < 1.29 is 14.5 Å². The zero-order chi connectivity index (χ0) is 18.1. The van der Waals surface area contributed by atoms with Crippen molar-refractivity contribution in [2.45, 2.75) is 19.3 Å². The molecule has 1 aliphatic rings. The molecule has 0 unspecified atom stereocenters. The molecule has 1 aliphatic carbocycles. The maximum Gasteiger partial charge on any atom is 0.270 e. The summed E-state index contributed by atoms with van der Waals surface area (Å²) in [6.07, 6.45) is 3.32. The van der Waals surface area contributed by atoms with Crippen LogP contribution in [0, 0.1) is 10.1 Å². The number of anilines is 1. The van der Waals surface area contributed by atoms with E-state index in [1.807, 2.05) is 12.1 Å². The van der Waals surface area contributed by atoms with Crippen LogP contribution in [0.3, 0.4) is 0 Å². The van der Waals surface area contributed by atoms with Gasteiger partial charge < -0.3 is 4.74 Å². The molecule has 4 rings (SSSR count). The van der Waals surface area contributed by atoms with Crippen LogP contribution in [0.2, 0.25) is 0 Å². The summed E-state index contributed by atoms with van der Waals surface area (Å²) in [4.78, 5) is 26.7. The summed E-state index contributed by atoms with van der Waals surface area (Å²) >= 11 is 1.19. The Balaban J connectivity index is 1.40. The number of nitrogens with zero attached hydrogens (tertiary/aromatic N) is 2. The van der Waals surface area contributed by atoms with Gasteiger partial charge in [0.1, 0.15) is 5.75 Å². The number of benzene rings is 2. The number of hydrogen-bond acceptors (Lipinski definition) is 6. The van der Waals surface area contributed by atoms with Gasteiger partial charge in [-0.05, 0) is 48.6 Å². The maximum atomic E-state index is 12.1. The van der Waals surface area contributed by atoms with E-state index in [0.717, 1.165) is 19.3 Å². The fourth-order valence-electron chi connectivity index (χ4n) is 3.02. The molecule has 0 fully saturated rings. The lowest BCUT2D eigenvalue weighted by Crippen LogP contribution is -2.20. The van der Waals surface area contributed by atoms with Gasteiger partial charge in [0, 0.05) is 12.1 Å². The Hall–Kier alpha value is -3.00. The number of fused-ring (bicyclic) bond motifs is 2. The highest BCUT2D eigenvalue weighted by Gasteiger charge is 2.14. The van der Waals surface area contributed by atoms with Crippen molar-refractivity contribution in [2.75, 3.05) is 11.9 Å². The first kappa shape index (κ1) is 16.5. The van der Waals surface area contributed by atoms with Crippen LogP contribution in [-0.2, 0) is 17.6 Å². The highest BCUT2D eigenvalue weighted by molar-refractivity contribution is 7.22. The van der Waals surface area contributed by atoms with Crippen LogP contribution in [0.4, 0.5) is 10.8 Å². The number of nitrogens with one attached hydrogen (secondary N) is 1. The number of carbonyl (C=O) groups excluding carboxylic acids is 1. The molecule has 1 aromatic heterocycles. The van der Waals surface area contributed by atoms with E-state index in [1.54, 1.807) is 6.07 Å². The van der Waals surface area contributed by atoms with E-state index < -0.39 is 4.92 Å². The number of aryl methyl sites for hydroxylation is 2. The highest BCUT2D eigenvalue weighted by atomic mass is 32.1. The first-order chi connectivity index (χ1) is 12.6. The van der Waals surface area contributed by atoms with Gasteiger partial charge in [-0.25, -0.2) is 4.98 Å². The molecule has 0 saturated carbocycles. The van der Waals surface area contributed by atoms with Gasteiger partial charge in [-0.1, -0.05) is 17.4 Å². The molecule has 2 aromatic carbocycles. The van der Waals surface area contributed by atoms with Crippen LogP contribution >= 0.6 is 11.3 Å². The molecule has 0 radical (unpaired) electrons. The maximum absolute atomic E-state index is 12.1. The molecule has 0 atom stereocenters. The van der Waals surface area contributed by atoms with Crippen molar-refractivity contribution in [3.63, 3.8) is 0 Å². The number of ether oxygens (including phenoxy) is 1. The van der Waals surface area contributed by atoms with Crippen molar-refractivity contribution in [3.8, 4) is 5.75 Å². The smallest absolute Gasteiger partial charge is 0.270 e. The Morgan fingerprint density at radius 3 is 2.92 bits per heavy atom. The van der Waals surface area contributed by atoms with Gasteiger partial charge >= 0.3 is 0 Å². The van der Waals surface area contributed by atoms with E-state index >= 15 is 0 Å². The Morgan fingerprint density at radius 1 is 1.23 bits per heavy atom. The van der Waals surface area contributed by atoms with E-state index in [4.69, 9.17) is 4.74 Å². The van der Waals surface area contributed by atoms with Crippen molar-refractivity contribution in [1.82, 2.24) is 4.98 Å². The summed E-state index contributed by atoms with van der Waals surface area (Å²) in [7, 11) is 0. The van der Waals surface area contributed by atoms with Crippen molar-refractivity contribution in [1.29, 1.82) is 0 Å². The van der Waals surface area contributed by atoms with Crippen molar-refractivity contribution >= 4 is 38.3 Å². The number of hydrogen-bond donors (Lipinski definition) is 1. The number of carbonyl (C=O) groups is 1. The fourth-order valence-corrected chi connectivity index (χ4v) is 3.94. The molecule has 1 N–H and O–H groups in total. The second-order valence-electron chi connectivity index (χ2n) is 6.05. The average molecular weight is 369 g/mol. The van der Waals surface area contributed by atoms with E-state index in [0.29, 0.717) is 21.1 Å². The van der Waals surface area contributed by atoms with Crippen LogP contribution in [0.1, 0.15) is 17.5 Å². The van der Waals surface area contributed by atoms with E-state index in [-0.39, 0.29) is 18.2 Å². The third kappa shape index (κ3) is 3.36. The molecular weight excluding hydrogens is 354 g/mol. The summed E-state index contributed by atoms with van der Waals surface area (Å²) in [6.45, 7) is -0.116. The summed E-state index contributed by atoms with van der Waals surface area (Å²) in [5.74, 6) is 0.361. The Labute approximate surface area is 152 Å². The molecule has 0 spiro atoms. The Bertz CT molecular complexity index is 1010. The standard InChI is InChI=1S/C18H15N3O4S/c22-17(10-25-14-6-4-11-2-1-3-12(11)8-14)20-18-19-15-7-5-13(21(23)24)9-16(15)26-18/h4-9H,1-3,10H2,(H,19,20,22). The molecule has 1 heterocycles. The van der Waals surface area contributed by atoms with Crippen molar-refractivity contribution in [2.24, 2.45) is 0 Å². The third-order valence-corrected chi connectivity index (χ3v) is 5.20. The van der Waals surface area contributed by atoms with Crippen LogP contribution in [0.15, 0.2) is 36.4 Å². The summed E-state index contributed by atoms with van der Waals surface area (Å²) in [5, 5.41) is 13.9. The number of rotatable bonds is 5. The van der Waals surface area contributed by atoms with Crippen LogP contribution in [0.5, 0.6) is 5.75 Å². The topological polar surface area (TPSA) is 94.4 Å². The normalized spacial score (nSPS) is 12.8. The predicted octanol–water partition coefficient (Wildman–Crippen LogP) is 3.71. The summed E-state index contributed by atoms with van der Waals surface area (Å²) in [6, 6.07) is 10.3. The molecular formula is C18H15N3O4S. The number of amides is 1. The van der Waals surface area contributed by atoms with Gasteiger partial charge in [0.05, 0.1) is 15.1 Å². The van der Waals surface area contributed by atoms with Crippen LogP contribution in [-0.4, -0.2) is 22.4 Å². The fraction of sp³-hybridized carbons (Fsp3) is 0.222. The minimum absolute atomic E-state index is 0.000954. The quantitative estimate of drug-likeness (QED) is 0.546. The van der Waals surface area contributed by atoms with E-state index in [2.05, 4.69) is 16.4 Å². The lowest BCUT2D eigenvalue weighted by molar-refractivity contribution is -0.384. The van der Waals surface area contributed by atoms with E-state index in [9.17, 15) is 14.9 Å². The molecule has 3 aromatic rings. The van der Waals surface area contributed by atoms with Crippen LogP contribution < -0.4 is 10.1 Å². The zero-order valence-electron chi connectivity index (χ0n) is 13.7. The van der Waals surface area contributed by atoms with Gasteiger partial charge in [0.25, 0.3) is 11.6 Å². The van der Waals surface area contributed by atoms with Gasteiger partial charge in [0.2, 0.25) is 0 Å². The largest absolute Gasteiger partial charge is 0.484 e. The Kier molecular flexibility index (Phi) is 4.26. The molecule has 8 heteroatoms. The molecule has 132 valence electrons. The molecule has 0 bridgehead atoms. The Morgan fingerprint density at radius 2 is 2.08 bits per heavy atom. The van der Waals surface area contributed by atoms with Crippen molar-refractivity contribution in [3.05, 3.63) is 57.6 Å². The van der Waals surface area contributed by atoms with Gasteiger partial charge in [-0.2, -0.15) is 0 Å². The average Bonchev–Trinajstić information content (AvgIpc) is 3.24. The molecule has 1 amide bonds. The number of thiazole rings is 1. The van der Waals surface area contributed by atoms with Gasteiger partial charge in [-0.3, -0.25) is 20.2 Å². The molecule has 0 aliphatic heterocycles. The summed E-state index contributed by atoms with van der Waals surface area (Å²) in [5.41, 5.74) is 3.25. The third-order valence-electron chi connectivity index (χ3n) is 4.27. The lowest BCUT2D eigenvalue weighted by atomic mass is 10.1. The first-order valence-corrected chi connectivity index (χ1v) is 8.99. The number of aromatic nitrogens is 1. The van der Waals surface area contributed by atoms with E-state index in [1.165, 1.54) is 34.6 Å². The second kappa shape index (κ2) is 6.72. The minimum atomic E-state index is -0.456. The zero-order valence-corrected chi connectivity index (χ0v) is 14.5. The molecule has 26 heavy (non-hydrogen) atoms. The van der Waals surface area contributed by atoms with Crippen LogP contribution in [0.25, 0.3) is 10.2 Å². The number of non-ortho nitro benzene ring substituents is 1. The monoisotopic (exact) mass is 369 g/mol. The highest BCUT2D eigenvalue weighted by Crippen LogP contribution is 2.29.